The Labute approximate surface area is 108 Å². The Morgan fingerprint density at radius 2 is 1.71 bits per heavy atom. The number of nitrogen functional groups attached to an aromatic ring is 1. The Morgan fingerprint density at radius 3 is 2.29 bits per heavy atom. The van der Waals surface area contributed by atoms with Crippen LogP contribution in [-0.2, 0) is 0 Å². The van der Waals surface area contributed by atoms with Crippen molar-refractivity contribution in [2.24, 2.45) is 0 Å². The van der Waals surface area contributed by atoms with E-state index in [-0.39, 0.29) is 0 Å². The highest BCUT2D eigenvalue weighted by Gasteiger charge is 2.38. The molecule has 2 aliphatic heterocycles. The number of nitrogens with zero attached hydrogens (tertiary/aromatic N) is 1. The van der Waals surface area contributed by atoms with Crippen LogP contribution in [0.4, 0.5) is 5.69 Å². The Hall–Kier alpha value is -0.670. The molecular formula is C14H20N2S. The van der Waals surface area contributed by atoms with Crippen LogP contribution < -0.4 is 5.73 Å². The molecule has 17 heavy (non-hydrogen) atoms. The Kier molecular flexibility index (Phi) is 3.05. The molecule has 1 aromatic rings. The third-order valence-electron chi connectivity index (χ3n) is 4.24. The predicted molar refractivity (Wildman–Crippen MR) is 74.3 cm³/mol. The van der Waals surface area contributed by atoms with Gasteiger partial charge < -0.3 is 10.6 Å². The normalized spacial score (nSPS) is 32.9. The quantitative estimate of drug-likeness (QED) is 0.816. The number of rotatable bonds is 2. The second kappa shape index (κ2) is 4.54. The number of anilines is 1. The van der Waals surface area contributed by atoms with Gasteiger partial charge in [-0.1, -0.05) is 0 Å². The second-order valence-corrected chi connectivity index (χ2v) is 6.70. The van der Waals surface area contributed by atoms with Gasteiger partial charge in [0.2, 0.25) is 0 Å². The Morgan fingerprint density at radius 1 is 1.12 bits per heavy atom. The Balaban J connectivity index is 1.65. The van der Waals surface area contributed by atoms with Crippen LogP contribution in [0.1, 0.15) is 25.7 Å². The maximum atomic E-state index is 5.72. The molecule has 2 heterocycles. The molecule has 2 bridgehead atoms. The van der Waals surface area contributed by atoms with Crippen molar-refractivity contribution in [1.29, 1.82) is 0 Å². The largest absolute Gasteiger partial charge is 0.399 e. The summed E-state index contributed by atoms with van der Waals surface area (Å²) >= 11 is 2.04. The van der Waals surface area contributed by atoms with Crippen molar-refractivity contribution >= 4 is 17.4 Å². The number of hydrogen-bond donors (Lipinski definition) is 1. The van der Waals surface area contributed by atoms with Gasteiger partial charge in [-0.3, -0.25) is 0 Å². The number of hydrogen-bond acceptors (Lipinski definition) is 3. The van der Waals surface area contributed by atoms with Gasteiger partial charge in [0.1, 0.15) is 0 Å². The van der Waals surface area contributed by atoms with Gasteiger partial charge in [0, 0.05) is 27.9 Å². The molecule has 2 fully saturated rings. The fourth-order valence-electron chi connectivity index (χ4n) is 3.20. The number of benzene rings is 1. The standard InChI is InChI=1S/C14H20N2S/c1-16-11-4-5-12(16)9-14(8-11)17-13-6-2-10(15)3-7-13/h2-3,6-7,11-12,14H,4-5,8-9,15H2,1H3. The zero-order chi connectivity index (χ0) is 11.8. The molecule has 0 radical (unpaired) electrons. The van der Waals surface area contributed by atoms with E-state index in [2.05, 4.69) is 24.1 Å². The van der Waals surface area contributed by atoms with Gasteiger partial charge in [-0.2, -0.15) is 0 Å². The topological polar surface area (TPSA) is 29.3 Å². The predicted octanol–water partition coefficient (Wildman–Crippen LogP) is 2.99. The zero-order valence-corrected chi connectivity index (χ0v) is 11.1. The lowest BCUT2D eigenvalue weighted by Gasteiger charge is -2.36. The minimum atomic E-state index is 0.798. The number of piperidine rings is 1. The molecule has 2 unspecified atom stereocenters. The smallest absolute Gasteiger partial charge is 0.0314 e. The van der Waals surface area contributed by atoms with Crippen LogP contribution in [0.3, 0.4) is 0 Å². The molecule has 1 aromatic carbocycles. The van der Waals surface area contributed by atoms with Crippen molar-refractivity contribution in [3.63, 3.8) is 0 Å². The first kappa shape index (κ1) is 11.4. The van der Waals surface area contributed by atoms with Gasteiger partial charge in [0.15, 0.2) is 0 Å². The highest BCUT2D eigenvalue weighted by molar-refractivity contribution is 8.00. The molecule has 0 aliphatic carbocycles. The highest BCUT2D eigenvalue weighted by atomic mass is 32.2. The molecule has 2 N–H and O–H groups in total. The van der Waals surface area contributed by atoms with E-state index in [1.807, 2.05) is 23.9 Å². The average Bonchev–Trinajstić information content (AvgIpc) is 2.55. The third kappa shape index (κ3) is 2.31. The number of nitrogens with two attached hydrogens (primary N) is 1. The van der Waals surface area contributed by atoms with Gasteiger partial charge in [-0.15, -0.1) is 11.8 Å². The maximum Gasteiger partial charge on any atom is 0.0314 e. The van der Waals surface area contributed by atoms with Crippen molar-refractivity contribution in [3.05, 3.63) is 24.3 Å². The summed E-state index contributed by atoms with van der Waals surface area (Å²) in [6.45, 7) is 0. The summed E-state index contributed by atoms with van der Waals surface area (Å²) in [5.74, 6) is 0. The lowest BCUT2D eigenvalue weighted by atomic mass is 10.0. The van der Waals surface area contributed by atoms with Crippen LogP contribution in [-0.4, -0.2) is 29.3 Å². The molecule has 2 nitrogen and oxygen atoms in total. The van der Waals surface area contributed by atoms with Gasteiger partial charge in [0.25, 0.3) is 0 Å². The van der Waals surface area contributed by atoms with Crippen LogP contribution in [0.15, 0.2) is 29.2 Å². The molecular weight excluding hydrogens is 228 g/mol. The van der Waals surface area contributed by atoms with Gasteiger partial charge in [-0.25, -0.2) is 0 Å². The van der Waals surface area contributed by atoms with Crippen molar-refractivity contribution in [3.8, 4) is 0 Å². The lowest BCUT2D eigenvalue weighted by molar-refractivity contribution is 0.183. The molecule has 2 saturated heterocycles. The van der Waals surface area contributed by atoms with E-state index in [0.717, 1.165) is 23.0 Å². The fraction of sp³-hybridized carbons (Fsp3) is 0.571. The van der Waals surface area contributed by atoms with Crippen LogP contribution in [0.5, 0.6) is 0 Å². The minimum absolute atomic E-state index is 0.798. The highest BCUT2D eigenvalue weighted by Crippen LogP contribution is 2.41. The number of thioether (sulfide) groups is 1. The monoisotopic (exact) mass is 248 g/mol. The molecule has 2 atom stereocenters. The van der Waals surface area contributed by atoms with Crippen molar-refractivity contribution < 1.29 is 0 Å². The van der Waals surface area contributed by atoms with E-state index in [1.165, 1.54) is 30.6 Å². The van der Waals surface area contributed by atoms with Gasteiger partial charge >= 0.3 is 0 Å². The molecule has 3 heteroatoms. The molecule has 3 rings (SSSR count). The van der Waals surface area contributed by atoms with Crippen LogP contribution in [0.2, 0.25) is 0 Å². The first-order valence-corrected chi connectivity index (χ1v) is 7.34. The summed E-state index contributed by atoms with van der Waals surface area (Å²) in [5.41, 5.74) is 6.58. The molecule has 0 aromatic heterocycles. The molecule has 0 saturated carbocycles. The lowest BCUT2D eigenvalue weighted by Crippen LogP contribution is -2.40. The van der Waals surface area contributed by atoms with Crippen molar-refractivity contribution in [1.82, 2.24) is 4.90 Å². The summed E-state index contributed by atoms with van der Waals surface area (Å²) in [6.07, 6.45) is 5.50. The zero-order valence-electron chi connectivity index (χ0n) is 10.3. The molecule has 0 spiro atoms. The second-order valence-electron chi connectivity index (χ2n) is 5.33. The summed E-state index contributed by atoms with van der Waals surface area (Å²) in [4.78, 5) is 3.97. The van der Waals surface area contributed by atoms with E-state index in [9.17, 15) is 0 Å². The number of fused-ring (bicyclic) bond motifs is 2. The summed E-state index contributed by atoms with van der Waals surface area (Å²) in [7, 11) is 2.30. The van der Waals surface area contributed by atoms with Gasteiger partial charge in [0.05, 0.1) is 0 Å². The van der Waals surface area contributed by atoms with Crippen LogP contribution in [0, 0.1) is 0 Å². The Bertz CT molecular complexity index is 376. The maximum absolute atomic E-state index is 5.72. The van der Waals surface area contributed by atoms with E-state index >= 15 is 0 Å². The molecule has 92 valence electrons. The summed E-state index contributed by atoms with van der Waals surface area (Å²) < 4.78 is 0. The van der Waals surface area contributed by atoms with E-state index in [0.29, 0.717) is 0 Å². The van der Waals surface area contributed by atoms with E-state index < -0.39 is 0 Å². The third-order valence-corrected chi connectivity index (χ3v) is 5.50. The van der Waals surface area contributed by atoms with E-state index in [4.69, 9.17) is 5.73 Å². The minimum Gasteiger partial charge on any atom is -0.399 e. The average molecular weight is 248 g/mol. The van der Waals surface area contributed by atoms with Crippen LogP contribution in [0.25, 0.3) is 0 Å². The SMILES string of the molecule is CN1C2CCC1CC(Sc1ccc(N)cc1)C2. The fourth-order valence-corrected chi connectivity index (χ4v) is 4.51. The summed E-state index contributed by atoms with van der Waals surface area (Å²) in [5, 5.41) is 0.798. The first-order chi connectivity index (χ1) is 8.22. The summed E-state index contributed by atoms with van der Waals surface area (Å²) in [6, 6.07) is 9.98. The molecule has 2 aliphatic rings. The van der Waals surface area contributed by atoms with E-state index in [1.54, 1.807) is 0 Å². The van der Waals surface area contributed by atoms with Crippen molar-refractivity contribution in [2.75, 3.05) is 12.8 Å². The van der Waals surface area contributed by atoms with Crippen molar-refractivity contribution in [2.45, 2.75) is 47.9 Å². The molecule has 0 amide bonds. The van der Waals surface area contributed by atoms with Crippen LogP contribution >= 0.6 is 11.8 Å². The van der Waals surface area contributed by atoms with Gasteiger partial charge in [-0.05, 0) is 57.0 Å². The first-order valence-electron chi connectivity index (χ1n) is 6.46.